The third-order valence-corrected chi connectivity index (χ3v) is 10.5. The molecule has 3 aromatic heterocycles. The lowest BCUT2D eigenvalue weighted by molar-refractivity contribution is -0.128. The van der Waals surface area contributed by atoms with Crippen LogP contribution in [0, 0.1) is 0 Å². The van der Waals surface area contributed by atoms with Gasteiger partial charge >= 0.3 is 12.1 Å². The van der Waals surface area contributed by atoms with Gasteiger partial charge < -0.3 is 40.5 Å². The average Bonchev–Trinajstić information content (AvgIpc) is 3.95. The molecule has 0 radical (unpaired) electrons. The highest BCUT2D eigenvalue weighted by molar-refractivity contribution is 6.02. The fourth-order valence-corrected chi connectivity index (χ4v) is 7.74. The number of aromatic nitrogens is 5. The molecule has 1 aliphatic carbocycles. The highest BCUT2D eigenvalue weighted by Gasteiger charge is 2.51. The number of imide groups is 1. The number of likely N-dealkylation sites (N-methyl/N-ethyl adjacent to an activating group) is 1. The summed E-state index contributed by atoms with van der Waals surface area (Å²) in [6.07, 6.45) is 2.83. The number of aliphatic hydroxyl groups excluding tert-OH is 2. The van der Waals surface area contributed by atoms with Crippen molar-refractivity contribution in [3.05, 3.63) is 103 Å². The monoisotopic (exact) mass is 731 g/mol. The Bertz CT molecular complexity index is 2100. The van der Waals surface area contributed by atoms with Crippen LogP contribution in [0.3, 0.4) is 0 Å². The average molecular weight is 732 g/mol. The predicted molar refractivity (Wildman–Crippen MR) is 200 cm³/mol. The van der Waals surface area contributed by atoms with Crippen LogP contribution in [0.1, 0.15) is 35.9 Å². The van der Waals surface area contributed by atoms with Crippen LogP contribution >= 0.6 is 0 Å². The number of nitrogens with zero attached hydrogens (tertiary/aromatic N) is 8. The maximum Gasteiger partial charge on any atom is 0.327 e. The van der Waals surface area contributed by atoms with Gasteiger partial charge in [-0.1, -0.05) is 60.7 Å². The minimum Gasteiger partial charge on any atom is -0.388 e. The molecular formula is C38H41N11O5. The topological polar surface area (TPSA) is 194 Å². The molecule has 16 nitrogen and oxygen atoms in total. The predicted octanol–water partition coefficient (Wildman–Crippen LogP) is 2.79. The number of fused-ring (bicyclic) bond motifs is 1. The van der Waals surface area contributed by atoms with Gasteiger partial charge in [0.25, 0.3) is 5.91 Å². The molecule has 2 aromatic carbocycles. The molecule has 54 heavy (non-hydrogen) atoms. The Kier molecular flexibility index (Phi) is 9.52. The summed E-state index contributed by atoms with van der Waals surface area (Å²) < 4.78 is 1.70. The smallest absolute Gasteiger partial charge is 0.327 e. The number of rotatable bonds is 10. The van der Waals surface area contributed by atoms with Crippen LogP contribution in [-0.4, -0.2) is 120 Å². The molecular weight excluding hydrogens is 690 g/mol. The Morgan fingerprint density at radius 1 is 0.944 bits per heavy atom. The maximum absolute atomic E-state index is 12.9. The normalized spacial score (nSPS) is 22.8. The zero-order valence-electron chi connectivity index (χ0n) is 29.6. The molecule has 0 spiro atoms. The van der Waals surface area contributed by atoms with Gasteiger partial charge in [-0.25, -0.2) is 14.6 Å². The lowest BCUT2D eigenvalue weighted by Gasteiger charge is -2.24. The molecule has 0 bridgehead atoms. The molecule has 5 heterocycles. The zero-order chi connectivity index (χ0) is 37.3. The number of hydrogen-bond acceptors (Lipinski definition) is 11. The first kappa shape index (κ1) is 34.9. The summed E-state index contributed by atoms with van der Waals surface area (Å²) in [6.45, 7) is 1.39. The third-order valence-electron chi connectivity index (χ3n) is 10.5. The second kappa shape index (κ2) is 14.7. The first-order chi connectivity index (χ1) is 26.2. The summed E-state index contributed by atoms with van der Waals surface area (Å²) in [5.74, 6) is 0.426. The largest absolute Gasteiger partial charge is 0.388 e. The Hall–Kier alpha value is -6.13. The van der Waals surface area contributed by atoms with Gasteiger partial charge in [0.05, 0.1) is 30.3 Å². The minimum absolute atomic E-state index is 0.0251. The van der Waals surface area contributed by atoms with E-state index in [4.69, 9.17) is 15.0 Å². The van der Waals surface area contributed by atoms with E-state index in [9.17, 15) is 24.6 Å². The number of nitrogens with one attached hydrogen (secondary N) is 3. The van der Waals surface area contributed by atoms with Crippen LogP contribution in [0.5, 0.6) is 0 Å². The van der Waals surface area contributed by atoms with Gasteiger partial charge in [-0.2, -0.15) is 9.97 Å². The molecule has 8 rings (SSSR count). The van der Waals surface area contributed by atoms with Crippen LogP contribution in [0.4, 0.5) is 27.0 Å². The Morgan fingerprint density at radius 2 is 1.67 bits per heavy atom. The summed E-state index contributed by atoms with van der Waals surface area (Å²) in [5.41, 5.74) is 3.70. The highest BCUT2D eigenvalue weighted by atomic mass is 16.3. The number of urea groups is 2. The standard InChI is InChI=1S/C38H41N11O5/c1-46-21-30(50)49(38(46)54)29-17-28(32(51)33(29)52)48-22-41-31-34(40-19-27(23-9-4-2-5-10-23)24-11-6-3-7-12-24)44-36(45-35(31)48)47-16-14-26(20-47)43-37(53)42-25-13-8-15-39-18-25/h2-13,15,18,22,26-29,32-33,51-52H,14,16-17,19-21H2,1H3,(H,40,44,45)(H2,42,43,53). The molecule has 5 aromatic rings. The number of carbonyl (C=O) groups excluding carboxylic acids is 3. The molecule has 3 fully saturated rings. The van der Waals surface area contributed by atoms with E-state index >= 15 is 0 Å². The number of anilines is 3. The van der Waals surface area contributed by atoms with Crippen LogP contribution in [-0.2, 0) is 4.79 Å². The molecule has 5 unspecified atom stereocenters. The van der Waals surface area contributed by atoms with Crippen molar-refractivity contribution in [2.45, 2.75) is 49.1 Å². The van der Waals surface area contributed by atoms with E-state index in [1.165, 1.54) is 11.9 Å². The minimum atomic E-state index is -1.37. The van der Waals surface area contributed by atoms with E-state index in [-0.39, 0.29) is 31.0 Å². The van der Waals surface area contributed by atoms with Gasteiger partial charge in [0.15, 0.2) is 17.0 Å². The Labute approximate surface area is 310 Å². The molecule has 1 saturated carbocycles. The second-order valence-corrected chi connectivity index (χ2v) is 14.0. The number of aliphatic hydroxyl groups is 2. The van der Waals surface area contributed by atoms with Crippen molar-refractivity contribution in [1.29, 1.82) is 0 Å². The van der Waals surface area contributed by atoms with Crippen LogP contribution in [0.2, 0.25) is 0 Å². The van der Waals surface area contributed by atoms with Crippen molar-refractivity contribution in [3.63, 3.8) is 0 Å². The van der Waals surface area contributed by atoms with Crippen LogP contribution in [0.15, 0.2) is 91.5 Å². The molecule has 2 saturated heterocycles. The summed E-state index contributed by atoms with van der Waals surface area (Å²) in [7, 11) is 1.53. The molecule has 5 N–H and O–H groups in total. The van der Waals surface area contributed by atoms with Gasteiger partial charge in [-0.05, 0) is 36.1 Å². The van der Waals surface area contributed by atoms with Gasteiger partial charge in [0.2, 0.25) is 5.95 Å². The number of carbonyl (C=O) groups is 3. The van der Waals surface area contributed by atoms with Crippen molar-refractivity contribution in [2.75, 3.05) is 48.8 Å². The van der Waals surface area contributed by atoms with Crippen molar-refractivity contribution in [3.8, 4) is 0 Å². The van der Waals surface area contributed by atoms with Crippen molar-refractivity contribution < 1.29 is 24.6 Å². The summed E-state index contributed by atoms with van der Waals surface area (Å²) in [4.78, 5) is 61.5. The van der Waals surface area contributed by atoms with E-state index in [0.29, 0.717) is 54.7 Å². The van der Waals surface area contributed by atoms with Gasteiger partial charge in [-0.3, -0.25) is 14.7 Å². The highest BCUT2D eigenvalue weighted by Crippen LogP contribution is 2.38. The maximum atomic E-state index is 12.9. The number of imidazole rings is 1. The SMILES string of the molecule is CN1CC(=O)N(C2CC(n3cnc4c(NCC(c5ccccc5)c5ccccc5)nc(N5CCC(NC(=O)Nc6cccnc6)C5)nc43)C(O)C2O)C1=O. The summed E-state index contributed by atoms with van der Waals surface area (Å²) in [5, 5.41) is 31.9. The molecule has 5 atom stereocenters. The molecule has 5 amide bonds. The first-order valence-electron chi connectivity index (χ1n) is 18.0. The van der Waals surface area contributed by atoms with E-state index in [1.807, 2.05) is 41.3 Å². The molecule has 278 valence electrons. The quantitative estimate of drug-likeness (QED) is 0.133. The van der Waals surface area contributed by atoms with Crippen molar-refractivity contribution in [2.24, 2.45) is 0 Å². The van der Waals surface area contributed by atoms with Crippen molar-refractivity contribution >= 4 is 46.6 Å². The number of pyridine rings is 1. The zero-order valence-corrected chi connectivity index (χ0v) is 29.6. The third kappa shape index (κ3) is 6.76. The molecule has 16 heteroatoms. The lowest BCUT2D eigenvalue weighted by atomic mass is 9.91. The summed E-state index contributed by atoms with van der Waals surface area (Å²) >= 11 is 0. The summed E-state index contributed by atoms with van der Waals surface area (Å²) in [6, 6.07) is 21.2. The number of benzene rings is 2. The lowest BCUT2D eigenvalue weighted by Crippen LogP contribution is -2.47. The number of hydrogen-bond donors (Lipinski definition) is 5. The van der Waals surface area contributed by atoms with Gasteiger partial charge in [0.1, 0.15) is 18.8 Å². The first-order valence-corrected chi connectivity index (χ1v) is 18.0. The van der Waals surface area contributed by atoms with E-state index in [0.717, 1.165) is 16.0 Å². The van der Waals surface area contributed by atoms with E-state index in [2.05, 4.69) is 45.2 Å². The van der Waals surface area contributed by atoms with Crippen LogP contribution in [0.25, 0.3) is 11.2 Å². The Morgan fingerprint density at radius 3 is 2.33 bits per heavy atom. The second-order valence-electron chi connectivity index (χ2n) is 14.0. The Balaban J connectivity index is 1.11. The van der Waals surface area contributed by atoms with E-state index < -0.39 is 36.2 Å². The van der Waals surface area contributed by atoms with Gasteiger partial charge in [0, 0.05) is 44.8 Å². The molecule has 3 aliphatic rings. The fourth-order valence-electron chi connectivity index (χ4n) is 7.74. The number of amides is 5. The van der Waals surface area contributed by atoms with E-state index in [1.54, 1.807) is 35.4 Å². The molecule has 2 aliphatic heterocycles. The van der Waals surface area contributed by atoms with Crippen LogP contribution < -0.4 is 20.9 Å². The van der Waals surface area contributed by atoms with Crippen molar-refractivity contribution in [1.82, 2.24) is 39.6 Å². The fraction of sp³-hybridized carbons (Fsp3) is 0.342. The van der Waals surface area contributed by atoms with Gasteiger partial charge in [-0.15, -0.1) is 0 Å².